The highest BCUT2D eigenvalue weighted by molar-refractivity contribution is 5.85. The van der Waals surface area contributed by atoms with Crippen molar-refractivity contribution in [3.63, 3.8) is 0 Å². The summed E-state index contributed by atoms with van der Waals surface area (Å²) in [4.78, 5) is 4.32. The highest BCUT2D eigenvalue weighted by atomic mass is 16.3. The number of nitrogens with one attached hydrogen (secondary N) is 1. The lowest BCUT2D eigenvalue weighted by molar-refractivity contribution is 0.495. The van der Waals surface area contributed by atoms with Gasteiger partial charge in [-0.2, -0.15) is 0 Å². The molecule has 102 valence electrons. The van der Waals surface area contributed by atoms with Gasteiger partial charge in [-0.25, -0.2) is 5.43 Å². The number of aryl methyl sites for hydroxylation is 2. The minimum atomic E-state index is -0.133. The number of furan rings is 1. The number of hydrogen-bond acceptors (Lipinski definition) is 4. The summed E-state index contributed by atoms with van der Waals surface area (Å²) in [5, 5.41) is 2.24. The highest BCUT2D eigenvalue weighted by Gasteiger charge is 2.20. The monoisotopic (exact) mass is 267 g/mol. The van der Waals surface area contributed by atoms with Gasteiger partial charge in [-0.15, -0.1) is 0 Å². The predicted molar refractivity (Wildman–Crippen MR) is 79.1 cm³/mol. The average molecular weight is 267 g/mol. The maximum Gasteiger partial charge on any atom is 0.106 e. The molecule has 0 fully saturated rings. The number of benzene rings is 1. The van der Waals surface area contributed by atoms with Crippen LogP contribution >= 0.6 is 0 Å². The Bertz CT molecular complexity index is 743. The maximum absolute atomic E-state index is 5.79. The number of hydrazine groups is 1. The van der Waals surface area contributed by atoms with Crippen molar-refractivity contribution in [1.82, 2.24) is 10.4 Å². The molecule has 2 heterocycles. The summed E-state index contributed by atoms with van der Waals surface area (Å²) in [6, 6.07) is 10.0. The molecule has 2 aromatic heterocycles. The van der Waals surface area contributed by atoms with Crippen LogP contribution in [-0.2, 0) is 0 Å². The number of pyridine rings is 1. The van der Waals surface area contributed by atoms with Crippen LogP contribution in [0.4, 0.5) is 0 Å². The number of aromatic nitrogens is 1. The molecule has 4 heteroatoms. The molecule has 0 radical (unpaired) electrons. The lowest BCUT2D eigenvalue weighted by atomic mass is 9.96. The van der Waals surface area contributed by atoms with E-state index in [1.807, 2.05) is 50.5 Å². The minimum absolute atomic E-state index is 0.133. The van der Waals surface area contributed by atoms with Gasteiger partial charge in [0, 0.05) is 28.9 Å². The molecule has 20 heavy (non-hydrogen) atoms. The molecule has 1 atom stereocenters. The zero-order chi connectivity index (χ0) is 14.1. The highest BCUT2D eigenvalue weighted by Crippen LogP contribution is 2.30. The van der Waals surface area contributed by atoms with Crippen LogP contribution < -0.4 is 11.3 Å². The van der Waals surface area contributed by atoms with Crippen LogP contribution in [0.1, 0.15) is 28.7 Å². The van der Waals surface area contributed by atoms with Crippen LogP contribution in [0.25, 0.3) is 10.8 Å². The predicted octanol–water partition coefficient (Wildman–Crippen LogP) is 3.00. The summed E-state index contributed by atoms with van der Waals surface area (Å²) in [5.41, 5.74) is 4.98. The third-order valence-electron chi connectivity index (χ3n) is 3.57. The normalized spacial score (nSPS) is 12.8. The quantitative estimate of drug-likeness (QED) is 0.565. The molecule has 4 nitrogen and oxygen atoms in total. The minimum Gasteiger partial charge on any atom is -0.466 e. The first-order valence-electron chi connectivity index (χ1n) is 6.56. The molecule has 3 N–H and O–H groups in total. The van der Waals surface area contributed by atoms with Crippen LogP contribution in [0.15, 0.2) is 47.1 Å². The second-order valence-electron chi connectivity index (χ2n) is 4.92. The standard InChI is InChI=1S/C16H17N3O/c1-10-7-14(11(2)20-10)16(19-17)15-9-18-8-12-5-3-4-6-13(12)15/h3-9,16,19H,17H2,1-2H3. The van der Waals surface area contributed by atoms with E-state index < -0.39 is 0 Å². The summed E-state index contributed by atoms with van der Waals surface area (Å²) in [5.74, 6) is 7.54. The third-order valence-corrected chi connectivity index (χ3v) is 3.57. The first kappa shape index (κ1) is 12.8. The van der Waals surface area contributed by atoms with Gasteiger partial charge in [-0.1, -0.05) is 24.3 Å². The molecular formula is C16H17N3O. The average Bonchev–Trinajstić information content (AvgIpc) is 2.79. The molecule has 0 amide bonds. The molecule has 0 aliphatic carbocycles. The fourth-order valence-electron chi connectivity index (χ4n) is 2.65. The molecule has 0 spiro atoms. The lowest BCUT2D eigenvalue weighted by Gasteiger charge is -2.17. The third kappa shape index (κ3) is 2.09. The van der Waals surface area contributed by atoms with E-state index in [9.17, 15) is 0 Å². The van der Waals surface area contributed by atoms with Crippen molar-refractivity contribution in [1.29, 1.82) is 0 Å². The summed E-state index contributed by atoms with van der Waals surface area (Å²) >= 11 is 0. The Morgan fingerprint density at radius 3 is 2.65 bits per heavy atom. The van der Waals surface area contributed by atoms with Crippen LogP contribution in [0, 0.1) is 13.8 Å². The van der Waals surface area contributed by atoms with Crippen molar-refractivity contribution in [2.75, 3.05) is 0 Å². The van der Waals surface area contributed by atoms with Crippen molar-refractivity contribution in [2.45, 2.75) is 19.9 Å². The Labute approximate surface area is 117 Å². The van der Waals surface area contributed by atoms with Crippen molar-refractivity contribution in [3.8, 4) is 0 Å². The van der Waals surface area contributed by atoms with Crippen molar-refractivity contribution in [3.05, 3.63) is 65.4 Å². The SMILES string of the molecule is Cc1cc(C(NN)c2cncc3ccccc23)c(C)o1. The molecule has 0 aliphatic rings. The smallest absolute Gasteiger partial charge is 0.106 e. The number of nitrogens with zero attached hydrogens (tertiary/aromatic N) is 1. The van der Waals surface area contributed by atoms with E-state index in [-0.39, 0.29) is 6.04 Å². The van der Waals surface area contributed by atoms with Gasteiger partial charge in [0.1, 0.15) is 11.5 Å². The van der Waals surface area contributed by atoms with E-state index >= 15 is 0 Å². The maximum atomic E-state index is 5.79. The van der Waals surface area contributed by atoms with Gasteiger partial charge in [0.05, 0.1) is 6.04 Å². The van der Waals surface area contributed by atoms with Crippen molar-refractivity contribution < 1.29 is 4.42 Å². The lowest BCUT2D eigenvalue weighted by Crippen LogP contribution is -2.29. The van der Waals surface area contributed by atoms with Crippen LogP contribution in [-0.4, -0.2) is 4.98 Å². The van der Waals surface area contributed by atoms with Crippen LogP contribution in [0.2, 0.25) is 0 Å². The number of nitrogens with two attached hydrogens (primary N) is 1. The Morgan fingerprint density at radius 1 is 1.15 bits per heavy atom. The molecule has 0 saturated heterocycles. The van der Waals surface area contributed by atoms with Gasteiger partial charge in [-0.05, 0) is 25.3 Å². The van der Waals surface area contributed by atoms with Gasteiger partial charge in [0.15, 0.2) is 0 Å². The summed E-state index contributed by atoms with van der Waals surface area (Å²) in [6.07, 6.45) is 3.72. The van der Waals surface area contributed by atoms with E-state index in [1.165, 1.54) is 0 Å². The molecule has 3 rings (SSSR count). The molecule has 0 saturated carbocycles. The Kier molecular flexibility index (Phi) is 3.26. The van der Waals surface area contributed by atoms with E-state index in [0.29, 0.717) is 0 Å². The van der Waals surface area contributed by atoms with Gasteiger partial charge in [0.2, 0.25) is 0 Å². The summed E-state index contributed by atoms with van der Waals surface area (Å²) in [7, 11) is 0. The van der Waals surface area contributed by atoms with Crippen molar-refractivity contribution >= 4 is 10.8 Å². The Balaban J connectivity index is 2.19. The summed E-state index contributed by atoms with van der Waals surface area (Å²) in [6.45, 7) is 3.89. The van der Waals surface area contributed by atoms with Gasteiger partial charge >= 0.3 is 0 Å². The molecule has 0 bridgehead atoms. The molecule has 0 aliphatic heterocycles. The second kappa shape index (κ2) is 5.07. The number of hydrogen-bond donors (Lipinski definition) is 2. The molecule has 3 aromatic rings. The largest absolute Gasteiger partial charge is 0.466 e. The van der Waals surface area contributed by atoms with E-state index in [2.05, 4.69) is 16.5 Å². The van der Waals surface area contributed by atoms with Gasteiger partial charge in [0.25, 0.3) is 0 Å². The van der Waals surface area contributed by atoms with Crippen molar-refractivity contribution in [2.24, 2.45) is 5.84 Å². The van der Waals surface area contributed by atoms with E-state index in [4.69, 9.17) is 10.3 Å². The fourth-order valence-corrected chi connectivity index (χ4v) is 2.65. The van der Waals surface area contributed by atoms with Gasteiger partial charge in [-0.3, -0.25) is 10.8 Å². The number of fused-ring (bicyclic) bond motifs is 1. The van der Waals surface area contributed by atoms with Gasteiger partial charge < -0.3 is 4.42 Å². The molecular weight excluding hydrogens is 250 g/mol. The zero-order valence-electron chi connectivity index (χ0n) is 11.6. The molecule has 1 unspecified atom stereocenters. The molecule has 1 aromatic carbocycles. The van der Waals surface area contributed by atoms with E-state index in [0.717, 1.165) is 33.4 Å². The first-order chi connectivity index (χ1) is 9.70. The first-order valence-corrected chi connectivity index (χ1v) is 6.56. The van der Waals surface area contributed by atoms with Crippen LogP contribution in [0.3, 0.4) is 0 Å². The number of rotatable bonds is 3. The van der Waals surface area contributed by atoms with Crippen LogP contribution in [0.5, 0.6) is 0 Å². The summed E-state index contributed by atoms with van der Waals surface area (Å²) < 4.78 is 5.61. The second-order valence-corrected chi connectivity index (χ2v) is 4.92. The Hall–Kier alpha value is -2.17. The fraction of sp³-hybridized carbons (Fsp3) is 0.188. The zero-order valence-corrected chi connectivity index (χ0v) is 11.6. The topological polar surface area (TPSA) is 64.1 Å². The Morgan fingerprint density at radius 2 is 1.95 bits per heavy atom. The van der Waals surface area contributed by atoms with E-state index in [1.54, 1.807) is 0 Å².